The number of carboxylic acids is 1. The maximum atomic E-state index is 10.7. The molecule has 0 unspecified atom stereocenters. The van der Waals surface area contributed by atoms with Gasteiger partial charge >= 0.3 is 5.97 Å². The van der Waals surface area contributed by atoms with Crippen LogP contribution in [0.15, 0.2) is 19.5 Å². The van der Waals surface area contributed by atoms with E-state index in [-0.39, 0.29) is 11.3 Å². The minimum absolute atomic E-state index is 0.0307. The Morgan fingerprint density at radius 1 is 1.23 bits per heavy atom. The Labute approximate surface area is 99.1 Å². The summed E-state index contributed by atoms with van der Waals surface area (Å²) in [5.74, 6) is -1.09. The molecule has 0 amide bonds. The van der Waals surface area contributed by atoms with Crippen LogP contribution in [0.4, 0.5) is 0 Å². The largest absolute Gasteiger partial charge is 0.506 e. The standard InChI is InChI=1S/C7H3Br3O3/c8-3-1-2(7(12)13)4(9)5(10)6(3)11/h1,11H,(H,12,13). The number of phenolic OH excluding ortho intramolecular Hbond substituents is 1. The number of hydrogen-bond acceptors (Lipinski definition) is 2. The molecule has 6 heteroatoms. The zero-order chi connectivity index (χ0) is 10.2. The van der Waals surface area contributed by atoms with E-state index in [0.29, 0.717) is 13.4 Å². The molecule has 0 radical (unpaired) electrons. The van der Waals surface area contributed by atoms with Crippen molar-refractivity contribution in [1.29, 1.82) is 0 Å². The van der Waals surface area contributed by atoms with Crippen molar-refractivity contribution in [3.8, 4) is 5.75 Å². The van der Waals surface area contributed by atoms with Crippen molar-refractivity contribution in [2.24, 2.45) is 0 Å². The zero-order valence-corrected chi connectivity index (χ0v) is 10.8. The van der Waals surface area contributed by atoms with Crippen LogP contribution in [0.5, 0.6) is 5.75 Å². The van der Waals surface area contributed by atoms with Crippen LogP contribution in [0.2, 0.25) is 0 Å². The van der Waals surface area contributed by atoms with Crippen LogP contribution in [0.25, 0.3) is 0 Å². The maximum Gasteiger partial charge on any atom is 0.336 e. The summed E-state index contributed by atoms with van der Waals surface area (Å²) in [5.41, 5.74) is 0.0801. The van der Waals surface area contributed by atoms with Crippen molar-refractivity contribution in [2.45, 2.75) is 0 Å². The van der Waals surface area contributed by atoms with Gasteiger partial charge in [-0.15, -0.1) is 0 Å². The van der Waals surface area contributed by atoms with Crippen LogP contribution < -0.4 is 0 Å². The van der Waals surface area contributed by atoms with Crippen LogP contribution in [0, 0.1) is 0 Å². The summed E-state index contributed by atoms with van der Waals surface area (Å²) in [6.07, 6.45) is 0. The summed E-state index contributed by atoms with van der Waals surface area (Å²) in [4.78, 5) is 10.7. The predicted octanol–water partition coefficient (Wildman–Crippen LogP) is 3.38. The first kappa shape index (κ1) is 11.0. The molecule has 0 fully saturated rings. The normalized spacial score (nSPS) is 10.1. The monoisotopic (exact) mass is 372 g/mol. The fraction of sp³-hybridized carbons (Fsp3) is 0. The molecule has 1 aromatic rings. The number of benzene rings is 1. The van der Waals surface area contributed by atoms with E-state index in [0.717, 1.165) is 0 Å². The first-order valence-corrected chi connectivity index (χ1v) is 5.42. The van der Waals surface area contributed by atoms with Gasteiger partial charge in [-0.05, 0) is 53.9 Å². The molecule has 70 valence electrons. The molecular weight excluding hydrogens is 372 g/mol. The lowest BCUT2D eigenvalue weighted by atomic mass is 10.2. The maximum absolute atomic E-state index is 10.7. The lowest BCUT2D eigenvalue weighted by Gasteiger charge is -2.05. The summed E-state index contributed by atoms with van der Waals surface area (Å²) in [5, 5.41) is 18.1. The van der Waals surface area contributed by atoms with Gasteiger partial charge in [0.2, 0.25) is 0 Å². The number of aromatic hydroxyl groups is 1. The van der Waals surface area contributed by atoms with Crippen molar-refractivity contribution in [2.75, 3.05) is 0 Å². The Kier molecular flexibility index (Phi) is 3.37. The van der Waals surface area contributed by atoms with Crippen molar-refractivity contribution in [3.63, 3.8) is 0 Å². The molecular formula is C7H3Br3O3. The first-order chi connectivity index (χ1) is 5.95. The number of phenols is 1. The van der Waals surface area contributed by atoms with Crippen LogP contribution in [-0.2, 0) is 0 Å². The second-order valence-electron chi connectivity index (χ2n) is 2.19. The number of aromatic carboxylic acids is 1. The SMILES string of the molecule is O=C(O)c1cc(Br)c(O)c(Br)c1Br. The number of carboxylic acid groups (broad SMARTS) is 1. The molecule has 0 aromatic heterocycles. The summed E-state index contributed by atoms with van der Waals surface area (Å²) in [6, 6.07) is 1.33. The van der Waals surface area contributed by atoms with Gasteiger partial charge < -0.3 is 10.2 Å². The van der Waals surface area contributed by atoms with Gasteiger partial charge in [0, 0.05) is 0 Å². The van der Waals surface area contributed by atoms with Gasteiger partial charge in [-0.25, -0.2) is 4.79 Å². The number of hydrogen-bond donors (Lipinski definition) is 2. The summed E-state index contributed by atoms with van der Waals surface area (Å²) >= 11 is 9.15. The van der Waals surface area contributed by atoms with E-state index in [4.69, 9.17) is 5.11 Å². The number of carbonyl (C=O) groups is 1. The van der Waals surface area contributed by atoms with Gasteiger partial charge in [0.1, 0.15) is 5.75 Å². The van der Waals surface area contributed by atoms with E-state index in [1.165, 1.54) is 6.07 Å². The van der Waals surface area contributed by atoms with Crippen molar-refractivity contribution < 1.29 is 15.0 Å². The number of halogens is 3. The van der Waals surface area contributed by atoms with E-state index >= 15 is 0 Å². The Morgan fingerprint density at radius 2 is 1.77 bits per heavy atom. The highest BCUT2D eigenvalue weighted by molar-refractivity contribution is 9.13. The quantitative estimate of drug-likeness (QED) is 0.741. The van der Waals surface area contributed by atoms with Gasteiger partial charge in [0.05, 0.1) is 19.0 Å². The second-order valence-corrected chi connectivity index (χ2v) is 4.63. The van der Waals surface area contributed by atoms with Crippen LogP contribution in [0.3, 0.4) is 0 Å². The molecule has 0 aliphatic carbocycles. The Hall–Kier alpha value is -0.0700. The van der Waals surface area contributed by atoms with Gasteiger partial charge in [-0.3, -0.25) is 0 Å². The van der Waals surface area contributed by atoms with Gasteiger partial charge in [-0.1, -0.05) is 0 Å². The third kappa shape index (κ3) is 2.05. The molecule has 0 atom stereocenters. The van der Waals surface area contributed by atoms with E-state index in [1.54, 1.807) is 0 Å². The highest BCUT2D eigenvalue weighted by Crippen LogP contribution is 2.39. The van der Waals surface area contributed by atoms with Crippen LogP contribution >= 0.6 is 47.8 Å². The van der Waals surface area contributed by atoms with Crippen LogP contribution in [0.1, 0.15) is 10.4 Å². The first-order valence-electron chi connectivity index (χ1n) is 3.05. The van der Waals surface area contributed by atoms with Crippen molar-refractivity contribution in [1.82, 2.24) is 0 Å². The number of rotatable bonds is 1. The molecule has 13 heavy (non-hydrogen) atoms. The van der Waals surface area contributed by atoms with Gasteiger partial charge in [-0.2, -0.15) is 0 Å². The average molecular weight is 375 g/mol. The van der Waals surface area contributed by atoms with Gasteiger partial charge in [0.25, 0.3) is 0 Å². The molecule has 1 rings (SSSR count). The highest BCUT2D eigenvalue weighted by Gasteiger charge is 2.16. The summed E-state index contributed by atoms with van der Waals surface area (Å²) in [6.45, 7) is 0. The highest BCUT2D eigenvalue weighted by atomic mass is 79.9. The fourth-order valence-electron chi connectivity index (χ4n) is 0.741. The summed E-state index contributed by atoms with van der Waals surface area (Å²) in [7, 11) is 0. The Balaban J connectivity index is 3.50. The Morgan fingerprint density at radius 3 is 2.23 bits per heavy atom. The summed E-state index contributed by atoms with van der Waals surface area (Å²) < 4.78 is 0.972. The third-order valence-electron chi connectivity index (χ3n) is 1.36. The van der Waals surface area contributed by atoms with E-state index in [2.05, 4.69) is 47.8 Å². The molecule has 1 aromatic carbocycles. The minimum atomic E-state index is -1.06. The molecule has 0 aliphatic heterocycles. The zero-order valence-electron chi connectivity index (χ0n) is 6.01. The second kappa shape index (κ2) is 3.98. The Bertz CT molecular complexity index is 376. The van der Waals surface area contributed by atoms with Gasteiger partial charge in [0.15, 0.2) is 0 Å². The topological polar surface area (TPSA) is 57.5 Å². The minimum Gasteiger partial charge on any atom is -0.506 e. The average Bonchev–Trinajstić information content (AvgIpc) is 2.07. The third-order valence-corrected chi connectivity index (χ3v) is 4.10. The molecule has 0 heterocycles. The molecule has 0 bridgehead atoms. The molecule has 3 nitrogen and oxygen atoms in total. The molecule has 0 aliphatic rings. The molecule has 0 saturated carbocycles. The predicted molar refractivity (Wildman–Crippen MR) is 58.2 cm³/mol. The van der Waals surface area contributed by atoms with E-state index < -0.39 is 5.97 Å². The van der Waals surface area contributed by atoms with Crippen molar-refractivity contribution in [3.05, 3.63) is 25.0 Å². The van der Waals surface area contributed by atoms with E-state index in [9.17, 15) is 9.90 Å². The lowest BCUT2D eigenvalue weighted by Crippen LogP contribution is -1.98. The molecule has 0 saturated heterocycles. The smallest absolute Gasteiger partial charge is 0.336 e. The molecule has 0 spiro atoms. The van der Waals surface area contributed by atoms with E-state index in [1.807, 2.05) is 0 Å². The fourth-order valence-corrected chi connectivity index (χ4v) is 2.33. The van der Waals surface area contributed by atoms with Crippen LogP contribution in [-0.4, -0.2) is 16.2 Å². The van der Waals surface area contributed by atoms with Crippen molar-refractivity contribution >= 4 is 53.8 Å². The lowest BCUT2D eigenvalue weighted by molar-refractivity contribution is 0.0695. The molecule has 2 N–H and O–H groups in total.